The van der Waals surface area contributed by atoms with Gasteiger partial charge in [-0.05, 0) is 18.1 Å². The second-order valence-electron chi connectivity index (χ2n) is 3.72. The minimum Gasteiger partial charge on any atom is -0.496 e. The van der Waals surface area contributed by atoms with Gasteiger partial charge in [0.25, 0.3) is 5.82 Å². The number of para-hydroxylation sites is 1. The lowest BCUT2D eigenvalue weighted by atomic mass is 10.1. The highest BCUT2D eigenvalue weighted by Crippen LogP contribution is 2.20. The summed E-state index contributed by atoms with van der Waals surface area (Å²) in [5.41, 5.74) is 0.907. The van der Waals surface area contributed by atoms with E-state index in [1.54, 1.807) is 14.0 Å². The third-order valence-corrected chi connectivity index (χ3v) is 2.46. The van der Waals surface area contributed by atoms with Crippen molar-refractivity contribution in [3.05, 3.63) is 41.5 Å². The predicted octanol–water partition coefficient (Wildman–Crippen LogP) is 1.85. The average Bonchev–Trinajstić information content (AvgIpc) is 2.88. The Balaban J connectivity index is 2.13. The number of aromatic nitrogens is 2. The number of carbonyl (C=O) groups excluding carboxylic acids is 1. The number of rotatable bonds is 5. The van der Waals surface area contributed by atoms with Crippen molar-refractivity contribution in [2.45, 2.75) is 13.3 Å². The lowest BCUT2D eigenvalue weighted by molar-refractivity contribution is 0.0508. The molecule has 0 N–H and O–H groups in total. The summed E-state index contributed by atoms with van der Waals surface area (Å²) in [6.07, 6.45) is 0.399. The van der Waals surface area contributed by atoms with Crippen molar-refractivity contribution in [2.24, 2.45) is 0 Å². The molecule has 0 unspecified atom stereocenters. The van der Waals surface area contributed by atoms with Crippen LogP contribution >= 0.6 is 0 Å². The number of methoxy groups -OCH3 is 1. The first-order valence-corrected chi connectivity index (χ1v) is 5.86. The summed E-state index contributed by atoms with van der Waals surface area (Å²) in [6, 6.07) is 7.51. The van der Waals surface area contributed by atoms with E-state index >= 15 is 0 Å². The largest absolute Gasteiger partial charge is 0.496 e. The quantitative estimate of drug-likeness (QED) is 0.765. The van der Waals surface area contributed by atoms with Crippen LogP contribution < -0.4 is 4.74 Å². The lowest BCUT2D eigenvalue weighted by Gasteiger charge is -2.04. The molecule has 6 heteroatoms. The van der Waals surface area contributed by atoms with E-state index in [0.717, 1.165) is 11.3 Å². The van der Waals surface area contributed by atoms with Crippen molar-refractivity contribution in [1.29, 1.82) is 0 Å². The maximum absolute atomic E-state index is 11.4. The van der Waals surface area contributed by atoms with Crippen LogP contribution in [0, 0.1) is 0 Å². The summed E-state index contributed by atoms with van der Waals surface area (Å²) < 4.78 is 15.0. The minimum atomic E-state index is -0.586. The van der Waals surface area contributed by atoms with E-state index in [1.165, 1.54) is 0 Å². The molecule has 0 aliphatic rings. The second kappa shape index (κ2) is 5.99. The van der Waals surface area contributed by atoms with Gasteiger partial charge in [0.1, 0.15) is 5.75 Å². The Hall–Kier alpha value is -2.37. The van der Waals surface area contributed by atoms with E-state index in [4.69, 9.17) is 14.0 Å². The van der Waals surface area contributed by atoms with Gasteiger partial charge in [-0.1, -0.05) is 18.2 Å². The Bertz CT molecular complexity index is 565. The zero-order valence-electron chi connectivity index (χ0n) is 10.8. The van der Waals surface area contributed by atoms with Gasteiger partial charge < -0.3 is 14.0 Å². The Morgan fingerprint density at radius 1 is 1.37 bits per heavy atom. The molecule has 0 radical (unpaired) electrons. The number of hydrogen-bond acceptors (Lipinski definition) is 6. The van der Waals surface area contributed by atoms with Gasteiger partial charge in [-0.25, -0.2) is 4.79 Å². The fourth-order valence-corrected chi connectivity index (χ4v) is 1.62. The molecule has 19 heavy (non-hydrogen) atoms. The fourth-order valence-electron chi connectivity index (χ4n) is 1.62. The zero-order valence-corrected chi connectivity index (χ0v) is 10.8. The fraction of sp³-hybridized carbons (Fsp3) is 0.308. The molecule has 0 bridgehead atoms. The summed E-state index contributed by atoms with van der Waals surface area (Å²) in [5, 5.41) is 3.58. The monoisotopic (exact) mass is 262 g/mol. The van der Waals surface area contributed by atoms with Crippen molar-refractivity contribution in [2.75, 3.05) is 13.7 Å². The van der Waals surface area contributed by atoms with E-state index in [-0.39, 0.29) is 12.4 Å². The predicted molar refractivity (Wildman–Crippen MR) is 66.1 cm³/mol. The van der Waals surface area contributed by atoms with Gasteiger partial charge in [0.05, 0.1) is 20.1 Å². The van der Waals surface area contributed by atoms with Gasteiger partial charge in [0, 0.05) is 5.56 Å². The third kappa shape index (κ3) is 3.09. The van der Waals surface area contributed by atoms with Gasteiger partial charge in [-0.2, -0.15) is 4.98 Å². The topological polar surface area (TPSA) is 74.5 Å². The number of ether oxygens (including phenoxy) is 2. The van der Waals surface area contributed by atoms with Crippen molar-refractivity contribution < 1.29 is 18.8 Å². The van der Waals surface area contributed by atoms with Crippen LogP contribution in [0.4, 0.5) is 0 Å². The maximum atomic E-state index is 11.4. The molecule has 0 atom stereocenters. The van der Waals surface area contributed by atoms with Gasteiger partial charge in [0.15, 0.2) is 0 Å². The van der Waals surface area contributed by atoms with Crippen molar-refractivity contribution in [1.82, 2.24) is 10.1 Å². The van der Waals surface area contributed by atoms with E-state index in [2.05, 4.69) is 10.1 Å². The lowest BCUT2D eigenvalue weighted by Crippen LogP contribution is -2.06. The average molecular weight is 262 g/mol. The van der Waals surface area contributed by atoms with Gasteiger partial charge in [0.2, 0.25) is 5.89 Å². The highest BCUT2D eigenvalue weighted by molar-refractivity contribution is 5.84. The SMILES string of the molecule is CCOC(=O)c1noc(Cc2ccccc2OC)n1. The van der Waals surface area contributed by atoms with Crippen molar-refractivity contribution in [3.63, 3.8) is 0 Å². The molecule has 6 nitrogen and oxygen atoms in total. The zero-order chi connectivity index (χ0) is 13.7. The van der Waals surface area contributed by atoms with Crippen LogP contribution in [-0.2, 0) is 11.2 Å². The van der Waals surface area contributed by atoms with E-state index < -0.39 is 5.97 Å². The molecular formula is C13H14N2O4. The standard InChI is InChI=1S/C13H14N2O4/c1-3-18-13(16)12-14-11(19-15-12)8-9-6-4-5-7-10(9)17-2/h4-7H,3,8H2,1-2H3. The van der Waals surface area contributed by atoms with Crippen molar-refractivity contribution >= 4 is 5.97 Å². The Morgan fingerprint density at radius 2 is 2.16 bits per heavy atom. The molecule has 2 rings (SSSR count). The van der Waals surface area contributed by atoms with Crippen LogP contribution in [0.1, 0.15) is 29.0 Å². The molecule has 1 aromatic carbocycles. The molecule has 1 aromatic heterocycles. The highest BCUT2D eigenvalue weighted by Gasteiger charge is 2.16. The third-order valence-electron chi connectivity index (χ3n) is 2.46. The normalized spacial score (nSPS) is 10.2. The summed E-state index contributed by atoms with van der Waals surface area (Å²) in [7, 11) is 1.59. The molecule has 1 heterocycles. The summed E-state index contributed by atoms with van der Waals surface area (Å²) in [5.74, 6) is 0.426. The molecular weight excluding hydrogens is 248 g/mol. The van der Waals surface area contributed by atoms with E-state index in [0.29, 0.717) is 12.3 Å². The Morgan fingerprint density at radius 3 is 2.89 bits per heavy atom. The molecule has 2 aromatic rings. The van der Waals surface area contributed by atoms with Gasteiger partial charge >= 0.3 is 5.97 Å². The highest BCUT2D eigenvalue weighted by atomic mass is 16.5. The summed E-state index contributed by atoms with van der Waals surface area (Å²) in [6.45, 7) is 1.99. The Labute approximate surface area is 110 Å². The first-order valence-electron chi connectivity index (χ1n) is 5.86. The van der Waals surface area contributed by atoms with Gasteiger partial charge in [-0.15, -0.1) is 0 Å². The number of nitrogens with zero attached hydrogens (tertiary/aromatic N) is 2. The second-order valence-corrected chi connectivity index (χ2v) is 3.72. The smallest absolute Gasteiger partial charge is 0.379 e. The molecule has 0 saturated heterocycles. The molecule has 0 aliphatic carbocycles. The summed E-state index contributed by atoms with van der Waals surface area (Å²) >= 11 is 0. The minimum absolute atomic E-state index is 0.0632. The number of benzene rings is 1. The number of esters is 1. The molecule has 100 valence electrons. The Kier molecular flexibility index (Phi) is 4.12. The van der Waals surface area contributed by atoms with E-state index in [1.807, 2.05) is 24.3 Å². The van der Waals surface area contributed by atoms with Crippen LogP contribution in [-0.4, -0.2) is 29.8 Å². The van der Waals surface area contributed by atoms with E-state index in [9.17, 15) is 4.79 Å². The van der Waals surface area contributed by atoms with Crippen LogP contribution in [0.25, 0.3) is 0 Å². The van der Waals surface area contributed by atoms with Crippen LogP contribution in [0.3, 0.4) is 0 Å². The number of hydrogen-bond donors (Lipinski definition) is 0. The molecule has 0 saturated carbocycles. The first-order chi connectivity index (χ1) is 9.24. The first kappa shape index (κ1) is 13.1. The van der Waals surface area contributed by atoms with Crippen molar-refractivity contribution in [3.8, 4) is 5.75 Å². The summed E-state index contributed by atoms with van der Waals surface area (Å²) in [4.78, 5) is 15.4. The molecule has 0 spiro atoms. The molecule has 0 amide bonds. The molecule has 0 fully saturated rings. The number of carbonyl (C=O) groups is 1. The molecule has 0 aliphatic heterocycles. The maximum Gasteiger partial charge on any atom is 0.379 e. The van der Waals surface area contributed by atoms with Gasteiger partial charge in [-0.3, -0.25) is 0 Å². The van der Waals surface area contributed by atoms with Crippen LogP contribution in [0.15, 0.2) is 28.8 Å². The van der Waals surface area contributed by atoms with Crippen LogP contribution in [0.2, 0.25) is 0 Å². The van der Waals surface area contributed by atoms with Crippen LogP contribution in [0.5, 0.6) is 5.75 Å².